The average Bonchev–Trinajstić information content (AvgIpc) is 2.82. The maximum absolute atomic E-state index is 12.4. The summed E-state index contributed by atoms with van der Waals surface area (Å²) >= 11 is 0. The van der Waals surface area contributed by atoms with E-state index in [4.69, 9.17) is 4.42 Å². The maximum atomic E-state index is 12.4. The van der Waals surface area contributed by atoms with Crippen molar-refractivity contribution in [1.29, 1.82) is 0 Å². The van der Waals surface area contributed by atoms with Crippen molar-refractivity contribution in [2.45, 2.75) is 45.7 Å². The van der Waals surface area contributed by atoms with Gasteiger partial charge in [-0.2, -0.15) is 0 Å². The van der Waals surface area contributed by atoms with Gasteiger partial charge in [0.2, 0.25) is 5.89 Å². The van der Waals surface area contributed by atoms with E-state index in [1.165, 1.54) is 0 Å². The minimum atomic E-state index is -0.639. The summed E-state index contributed by atoms with van der Waals surface area (Å²) in [6, 6.07) is 5.92. The lowest BCUT2D eigenvalue weighted by Crippen LogP contribution is -2.46. The summed E-state index contributed by atoms with van der Waals surface area (Å²) in [6.45, 7) is 9.63. The molecule has 0 saturated carbocycles. The molecule has 105 valence electrons. The van der Waals surface area contributed by atoms with Crippen LogP contribution in [-0.2, 0) is 5.21 Å². The van der Waals surface area contributed by atoms with Crippen LogP contribution in [-0.4, -0.2) is 21.1 Å². The predicted molar refractivity (Wildman–Crippen MR) is 77.4 cm³/mol. The number of benzene rings is 1. The van der Waals surface area contributed by atoms with Gasteiger partial charge in [-0.05, 0) is 52.3 Å². The molecule has 2 aromatic rings. The number of hydrogen-bond acceptors (Lipinski definition) is 3. The summed E-state index contributed by atoms with van der Waals surface area (Å²) in [5, 5.41) is 13.5. The van der Waals surface area contributed by atoms with Gasteiger partial charge in [0.05, 0.1) is 11.1 Å². The standard InChI is InChI=1S/C16H19N2O2/c1-10-6-7-12-13(8-10)20-14(17-12)11-9-15(2,3)18(19)16(11,4)5/h6-9H,1-5H3. The zero-order chi connectivity index (χ0) is 14.7. The molecule has 0 aliphatic carbocycles. The molecule has 2 heterocycles. The third-order valence-corrected chi connectivity index (χ3v) is 3.96. The second kappa shape index (κ2) is 3.93. The number of aromatic nitrogens is 1. The molecular formula is C16H19N2O2. The normalized spacial score (nSPS) is 21.4. The van der Waals surface area contributed by atoms with Crippen LogP contribution in [0, 0.1) is 6.92 Å². The van der Waals surface area contributed by atoms with E-state index >= 15 is 0 Å². The molecule has 1 aromatic heterocycles. The third kappa shape index (κ3) is 1.79. The molecule has 0 saturated heterocycles. The fourth-order valence-corrected chi connectivity index (χ4v) is 2.89. The topological polar surface area (TPSA) is 49.2 Å². The van der Waals surface area contributed by atoms with Gasteiger partial charge in [0.15, 0.2) is 5.58 Å². The zero-order valence-electron chi connectivity index (χ0n) is 12.5. The molecule has 0 N–H and O–H groups in total. The van der Waals surface area contributed by atoms with E-state index in [1.54, 1.807) is 0 Å². The summed E-state index contributed by atoms with van der Waals surface area (Å²) in [4.78, 5) is 4.53. The van der Waals surface area contributed by atoms with Gasteiger partial charge < -0.3 is 4.42 Å². The molecule has 1 aliphatic rings. The van der Waals surface area contributed by atoms with Gasteiger partial charge >= 0.3 is 0 Å². The van der Waals surface area contributed by atoms with Crippen LogP contribution in [0.15, 0.2) is 28.7 Å². The molecule has 0 unspecified atom stereocenters. The summed E-state index contributed by atoms with van der Waals surface area (Å²) < 4.78 is 5.87. The highest BCUT2D eigenvalue weighted by Gasteiger charge is 2.48. The molecule has 0 fully saturated rings. The van der Waals surface area contributed by atoms with Gasteiger partial charge in [-0.15, -0.1) is 10.3 Å². The Balaban J connectivity index is 2.15. The lowest BCUT2D eigenvalue weighted by atomic mass is 9.96. The Morgan fingerprint density at radius 3 is 2.50 bits per heavy atom. The van der Waals surface area contributed by atoms with Gasteiger partial charge in [-0.25, -0.2) is 4.98 Å². The molecule has 0 amide bonds. The smallest absolute Gasteiger partial charge is 0.224 e. The first-order valence-electron chi connectivity index (χ1n) is 6.80. The molecule has 0 atom stereocenters. The van der Waals surface area contributed by atoms with Crippen LogP contribution in [0.2, 0.25) is 0 Å². The van der Waals surface area contributed by atoms with Crippen molar-refractivity contribution in [3.05, 3.63) is 35.7 Å². The SMILES string of the molecule is Cc1ccc2nc(C3=CC(C)(C)N([O])C3(C)C)oc2c1. The van der Waals surface area contributed by atoms with E-state index in [9.17, 15) is 5.21 Å². The van der Waals surface area contributed by atoms with Crippen LogP contribution < -0.4 is 0 Å². The molecule has 4 nitrogen and oxygen atoms in total. The van der Waals surface area contributed by atoms with Crippen LogP contribution in [0.1, 0.15) is 39.1 Å². The Hall–Kier alpha value is -1.65. The van der Waals surface area contributed by atoms with Gasteiger partial charge in [-0.1, -0.05) is 12.1 Å². The largest absolute Gasteiger partial charge is 0.436 e. The Labute approximate surface area is 118 Å². The molecule has 1 radical (unpaired) electrons. The minimum absolute atomic E-state index is 0.544. The molecule has 3 rings (SSSR count). The number of nitrogens with zero attached hydrogens (tertiary/aromatic N) is 2. The molecule has 1 aliphatic heterocycles. The van der Waals surface area contributed by atoms with E-state index in [1.807, 2.05) is 58.9 Å². The van der Waals surface area contributed by atoms with E-state index in [-0.39, 0.29) is 0 Å². The van der Waals surface area contributed by atoms with Crippen LogP contribution in [0.3, 0.4) is 0 Å². The van der Waals surface area contributed by atoms with E-state index < -0.39 is 11.1 Å². The first-order valence-corrected chi connectivity index (χ1v) is 6.80. The molecule has 0 bridgehead atoms. The van der Waals surface area contributed by atoms with Crippen molar-refractivity contribution in [3.63, 3.8) is 0 Å². The number of rotatable bonds is 1. The summed E-state index contributed by atoms with van der Waals surface area (Å²) in [5.41, 5.74) is 2.38. The fourth-order valence-electron chi connectivity index (χ4n) is 2.89. The Morgan fingerprint density at radius 2 is 1.90 bits per heavy atom. The summed E-state index contributed by atoms with van der Waals surface area (Å²) in [5.74, 6) is 0.544. The molecule has 0 spiro atoms. The van der Waals surface area contributed by atoms with Crippen molar-refractivity contribution in [1.82, 2.24) is 10.0 Å². The number of fused-ring (bicyclic) bond motifs is 1. The van der Waals surface area contributed by atoms with Gasteiger partial charge in [0.1, 0.15) is 5.52 Å². The van der Waals surface area contributed by atoms with E-state index in [2.05, 4.69) is 4.98 Å². The fraction of sp³-hybridized carbons (Fsp3) is 0.438. The van der Waals surface area contributed by atoms with Crippen molar-refractivity contribution >= 4 is 16.7 Å². The monoisotopic (exact) mass is 271 g/mol. The Kier molecular flexibility index (Phi) is 2.62. The van der Waals surface area contributed by atoms with Crippen molar-refractivity contribution in [3.8, 4) is 0 Å². The second-order valence-electron chi connectivity index (χ2n) is 6.56. The highest BCUT2D eigenvalue weighted by atomic mass is 16.5. The van der Waals surface area contributed by atoms with Gasteiger partial charge in [0.25, 0.3) is 0 Å². The lowest BCUT2D eigenvalue weighted by Gasteiger charge is -2.33. The van der Waals surface area contributed by atoms with E-state index in [0.29, 0.717) is 5.89 Å². The third-order valence-electron chi connectivity index (χ3n) is 3.96. The zero-order valence-corrected chi connectivity index (χ0v) is 12.5. The summed E-state index contributed by atoms with van der Waals surface area (Å²) in [6.07, 6.45) is 1.96. The number of hydroxylamine groups is 2. The number of hydrogen-bond donors (Lipinski definition) is 0. The average molecular weight is 271 g/mol. The van der Waals surface area contributed by atoms with Crippen molar-refractivity contribution in [2.75, 3.05) is 0 Å². The maximum Gasteiger partial charge on any atom is 0.224 e. The van der Waals surface area contributed by atoms with Crippen LogP contribution >= 0.6 is 0 Å². The Bertz CT molecular complexity index is 710. The highest BCUT2D eigenvalue weighted by Crippen LogP contribution is 2.43. The molecule has 1 aromatic carbocycles. The quantitative estimate of drug-likeness (QED) is 0.794. The van der Waals surface area contributed by atoms with Gasteiger partial charge in [0, 0.05) is 5.57 Å². The first kappa shape index (κ1) is 13.3. The van der Waals surface area contributed by atoms with E-state index in [0.717, 1.165) is 27.3 Å². The van der Waals surface area contributed by atoms with Gasteiger partial charge in [-0.3, -0.25) is 0 Å². The lowest BCUT2D eigenvalue weighted by molar-refractivity contribution is -0.234. The predicted octanol–water partition coefficient (Wildman–Crippen LogP) is 3.74. The molecular weight excluding hydrogens is 252 g/mol. The highest BCUT2D eigenvalue weighted by molar-refractivity contribution is 5.79. The number of aryl methyl sites for hydroxylation is 1. The minimum Gasteiger partial charge on any atom is -0.436 e. The van der Waals surface area contributed by atoms with Crippen molar-refractivity contribution in [2.24, 2.45) is 0 Å². The summed E-state index contributed by atoms with van der Waals surface area (Å²) in [7, 11) is 0. The Morgan fingerprint density at radius 1 is 1.20 bits per heavy atom. The second-order valence-corrected chi connectivity index (χ2v) is 6.56. The number of oxazole rings is 1. The first-order chi connectivity index (χ1) is 9.22. The van der Waals surface area contributed by atoms with Crippen LogP contribution in [0.5, 0.6) is 0 Å². The van der Waals surface area contributed by atoms with Crippen LogP contribution in [0.25, 0.3) is 16.7 Å². The molecule has 4 heteroatoms. The molecule has 20 heavy (non-hydrogen) atoms. The van der Waals surface area contributed by atoms with Crippen LogP contribution in [0.4, 0.5) is 0 Å². The van der Waals surface area contributed by atoms with Crippen molar-refractivity contribution < 1.29 is 9.62 Å².